The van der Waals surface area contributed by atoms with E-state index in [4.69, 9.17) is 0 Å². The Labute approximate surface area is 123 Å². The lowest BCUT2D eigenvalue weighted by molar-refractivity contribution is -0.130. The molecule has 0 fully saturated rings. The van der Waals surface area contributed by atoms with Crippen LogP contribution in [0.15, 0.2) is 18.3 Å². The van der Waals surface area contributed by atoms with E-state index in [9.17, 15) is 14.4 Å². The highest BCUT2D eigenvalue weighted by Crippen LogP contribution is 2.20. The molecule has 0 spiro atoms. The monoisotopic (exact) mass is 289 g/mol. The third-order valence-electron chi connectivity index (χ3n) is 3.55. The highest BCUT2D eigenvalue weighted by atomic mass is 16.2. The summed E-state index contributed by atoms with van der Waals surface area (Å²) in [6.07, 6.45) is 3.59. The fourth-order valence-corrected chi connectivity index (χ4v) is 2.24. The molecule has 1 aromatic rings. The Balaban J connectivity index is 1.95. The van der Waals surface area contributed by atoms with Gasteiger partial charge < -0.3 is 4.90 Å². The van der Waals surface area contributed by atoms with Gasteiger partial charge in [0.05, 0.1) is 5.56 Å². The van der Waals surface area contributed by atoms with Gasteiger partial charge in [0, 0.05) is 32.8 Å². The predicted octanol–water partition coefficient (Wildman–Crippen LogP) is 1.33. The van der Waals surface area contributed by atoms with E-state index in [0.29, 0.717) is 12.1 Å². The summed E-state index contributed by atoms with van der Waals surface area (Å²) in [6.45, 7) is 2.85. The minimum absolute atomic E-state index is 0.0621. The van der Waals surface area contributed by atoms with Crippen molar-refractivity contribution in [2.45, 2.75) is 26.2 Å². The summed E-state index contributed by atoms with van der Waals surface area (Å²) < 4.78 is 0. The van der Waals surface area contributed by atoms with Crippen molar-refractivity contribution in [1.82, 2.24) is 14.8 Å². The van der Waals surface area contributed by atoms with Crippen LogP contribution < -0.4 is 0 Å². The normalized spacial score (nSPS) is 13.5. The summed E-state index contributed by atoms with van der Waals surface area (Å²) in [5.41, 5.74) is 0.489. The Morgan fingerprint density at radius 2 is 2.10 bits per heavy atom. The van der Waals surface area contributed by atoms with E-state index in [2.05, 4.69) is 11.9 Å². The van der Waals surface area contributed by atoms with Crippen molar-refractivity contribution in [1.29, 1.82) is 0 Å². The maximum atomic E-state index is 12.1. The van der Waals surface area contributed by atoms with Crippen LogP contribution in [0, 0.1) is 0 Å². The molecule has 1 aliphatic rings. The first-order valence-electron chi connectivity index (χ1n) is 7.11. The SMILES string of the molecule is CCCCN(C)C(=O)CCN1C(=O)c2cccnc2C1=O. The minimum atomic E-state index is -0.417. The number of fused-ring (bicyclic) bond motifs is 1. The first-order valence-corrected chi connectivity index (χ1v) is 7.11. The minimum Gasteiger partial charge on any atom is -0.346 e. The molecule has 0 bridgehead atoms. The van der Waals surface area contributed by atoms with E-state index in [1.807, 2.05) is 0 Å². The third-order valence-corrected chi connectivity index (χ3v) is 3.55. The number of hydrogen-bond acceptors (Lipinski definition) is 4. The zero-order chi connectivity index (χ0) is 15.4. The molecule has 2 rings (SSSR count). The molecule has 0 radical (unpaired) electrons. The van der Waals surface area contributed by atoms with E-state index in [1.165, 1.54) is 6.20 Å². The zero-order valence-electron chi connectivity index (χ0n) is 12.3. The standard InChI is InChI=1S/C15H19N3O3/c1-3-4-9-17(2)12(19)7-10-18-14(20)11-6-5-8-16-13(11)15(18)21/h5-6,8H,3-4,7,9-10H2,1-2H3. The number of nitrogens with zero attached hydrogens (tertiary/aromatic N) is 3. The summed E-state index contributed by atoms with van der Waals surface area (Å²) in [4.78, 5) is 42.8. The molecule has 0 N–H and O–H groups in total. The van der Waals surface area contributed by atoms with Crippen molar-refractivity contribution in [2.24, 2.45) is 0 Å². The quantitative estimate of drug-likeness (QED) is 0.741. The molecule has 0 saturated carbocycles. The molecule has 1 aromatic heterocycles. The Kier molecular flexibility index (Phi) is 4.67. The molecule has 6 nitrogen and oxygen atoms in total. The van der Waals surface area contributed by atoms with Gasteiger partial charge in [-0.15, -0.1) is 0 Å². The summed E-state index contributed by atoms with van der Waals surface area (Å²) in [7, 11) is 1.74. The second kappa shape index (κ2) is 6.47. The summed E-state index contributed by atoms with van der Waals surface area (Å²) in [5.74, 6) is -0.848. The molecule has 0 aromatic carbocycles. The maximum absolute atomic E-state index is 12.1. The number of rotatable bonds is 6. The van der Waals surface area contributed by atoms with E-state index in [0.717, 1.165) is 17.7 Å². The average molecular weight is 289 g/mol. The van der Waals surface area contributed by atoms with Gasteiger partial charge >= 0.3 is 0 Å². The summed E-state index contributed by atoms with van der Waals surface area (Å²) in [5, 5.41) is 0. The van der Waals surface area contributed by atoms with Crippen LogP contribution in [0.1, 0.15) is 47.0 Å². The lowest BCUT2D eigenvalue weighted by Gasteiger charge is -2.19. The van der Waals surface area contributed by atoms with E-state index in [-0.39, 0.29) is 30.5 Å². The van der Waals surface area contributed by atoms with Gasteiger partial charge in [-0.05, 0) is 18.6 Å². The lowest BCUT2D eigenvalue weighted by atomic mass is 10.2. The van der Waals surface area contributed by atoms with Crippen molar-refractivity contribution in [3.8, 4) is 0 Å². The van der Waals surface area contributed by atoms with Crippen molar-refractivity contribution in [3.63, 3.8) is 0 Å². The molecule has 0 aliphatic carbocycles. The molecule has 1 aliphatic heterocycles. The van der Waals surface area contributed by atoms with Gasteiger partial charge in [-0.25, -0.2) is 0 Å². The van der Waals surface area contributed by atoms with Crippen molar-refractivity contribution in [2.75, 3.05) is 20.1 Å². The Bertz CT molecular complexity index is 536. The molecule has 6 heteroatoms. The van der Waals surface area contributed by atoms with Crippen LogP contribution in [0.4, 0.5) is 0 Å². The van der Waals surface area contributed by atoms with Gasteiger partial charge in [0.25, 0.3) is 11.8 Å². The number of amides is 3. The molecule has 3 amide bonds. The molecule has 0 unspecified atom stereocenters. The van der Waals surface area contributed by atoms with Gasteiger partial charge in [-0.2, -0.15) is 0 Å². The molecule has 0 atom stereocenters. The number of hydrogen-bond donors (Lipinski definition) is 0. The predicted molar refractivity (Wildman–Crippen MR) is 76.8 cm³/mol. The van der Waals surface area contributed by atoms with Gasteiger partial charge in [0.1, 0.15) is 5.69 Å². The van der Waals surface area contributed by atoms with Gasteiger partial charge in [-0.1, -0.05) is 13.3 Å². The Morgan fingerprint density at radius 3 is 2.76 bits per heavy atom. The van der Waals surface area contributed by atoms with Crippen LogP contribution >= 0.6 is 0 Å². The van der Waals surface area contributed by atoms with E-state index in [1.54, 1.807) is 24.1 Å². The highest BCUT2D eigenvalue weighted by molar-refractivity contribution is 6.20. The number of carbonyl (C=O) groups excluding carboxylic acids is 3. The molecular weight excluding hydrogens is 270 g/mol. The van der Waals surface area contributed by atoms with Crippen LogP contribution in [0.3, 0.4) is 0 Å². The lowest BCUT2D eigenvalue weighted by Crippen LogP contribution is -2.35. The fraction of sp³-hybridized carbons (Fsp3) is 0.467. The van der Waals surface area contributed by atoms with E-state index >= 15 is 0 Å². The van der Waals surface area contributed by atoms with Crippen LogP contribution in [-0.4, -0.2) is 52.6 Å². The van der Waals surface area contributed by atoms with Crippen LogP contribution in [-0.2, 0) is 4.79 Å². The van der Waals surface area contributed by atoms with Crippen LogP contribution in [0.25, 0.3) is 0 Å². The van der Waals surface area contributed by atoms with Gasteiger partial charge in [0.15, 0.2) is 0 Å². The van der Waals surface area contributed by atoms with E-state index < -0.39 is 5.91 Å². The molecule has 2 heterocycles. The smallest absolute Gasteiger partial charge is 0.280 e. The third kappa shape index (κ3) is 3.09. The van der Waals surface area contributed by atoms with Crippen molar-refractivity contribution in [3.05, 3.63) is 29.6 Å². The summed E-state index contributed by atoms with van der Waals surface area (Å²) >= 11 is 0. The van der Waals surface area contributed by atoms with Gasteiger partial charge in [0.2, 0.25) is 5.91 Å². The van der Waals surface area contributed by atoms with Crippen molar-refractivity contribution < 1.29 is 14.4 Å². The number of pyridine rings is 1. The van der Waals surface area contributed by atoms with Crippen LogP contribution in [0.5, 0.6) is 0 Å². The maximum Gasteiger partial charge on any atom is 0.280 e. The number of aromatic nitrogens is 1. The van der Waals surface area contributed by atoms with Crippen molar-refractivity contribution >= 4 is 17.7 Å². The van der Waals surface area contributed by atoms with Crippen LogP contribution in [0.2, 0.25) is 0 Å². The molecule has 21 heavy (non-hydrogen) atoms. The first kappa shape index (κ1) is 15.2. The molecule has 0 saturated heterocycles. The average Bonchev–Trinajstić information content (AvgIpc) is 2.74. The number of carbonyl (C=O) groups is 3. The number of imide groups is 1. The Hall–Kier alpha value is -2.24. The Morgan fingerprint density at radius 1 is 1.33 bits per heavy atom. The molecule has 112 valence electrons. The topological polar surface area (TPSA) is 70.6 Å². The number of unbranched alkanes of at least 4 members (excludes halogenated alkanes) is 1. The second-order valence-electron chi connectivity index (χ2n) is 5.08. The van der Waals surface area contributed by atoms with Gasteiger partial charge in [-0.3, -0.25) is 24.3 Å². The first-order chi connectivity index (χ1) is 10.1. The second-order valence-corrected chi connectivity index (χ2v) is 5.08. The largest absolute Gasteiger partial charge is 0.346 e. The zero-order valence-corrected chi connectivity index (χ0v) is 12.3. The summed E-state index contributed by atoms with van der Waals surface area (Å²) in [6, 6.07) is 3.20. The molecular formula is C15H19N3O3. The highest BCUT2D eigenvalue weighted by Gasteiger charge is 2.36. The fourth-order valence-electron chi connectivity index (χ4n) is 2.24.